The number of hydrogen-bond donors (Lipinski definition) is 2. The van der Waals surface area contributed by atoms with Crippen LogP contribution in [-0.2, 0) is 13.0 Å². The van der Waals surface area contributed by atoms with Gasteiger partial charge in [-0.25, -0.2) is 4.68 Å². The first-order valence-electron chi connectivity index (χ1n) is 10.7. The third-order valence-electron chi connectivity index (χ3n) is 5.95. The third-order valence-corrected chi connectivity index (χ3v) is 6.17. The monoisotopic (exact) mass is 442 g/mol. The van der Waals surface area contributed by atoms with Crippen LogP contribution >= 0.6 is 11.6 Å². The van der Waals surface area contributed by atoms with Crippen LogP contribution in [0.2, 0.25) is 5.02 Å². The molecule has 3 aromatic rings. The van der Waals surface area contributed by atoms with Gasteiger partial charge in [-0.05, 0) is 70.4 Å². The first kappa shape index (κ1) is 22.9. The van der Waals surface area contributed by atoms with Gasteiger partial charge < -0.3 is 15.7 Å². The van der Waals surface area contributed by atoms with E-state index in [4.69, 9.17) is 17.4 Å². The van der Waals surface area contributed by atoms with Crippen LogP contribution < -0.4 is 16.7 Å². The SMILES string of the molecule is CCCc1cc(C)n(N)c(=O)c1CNC(=O)c1cc(Cl)cc2c1c(C)c(C)n2C(C)C. The summed E-state index contributed by atoms with van der Waals surface area (Å²) in [6.45, 7) is 12.3. The number of nitrogens with zero attached hydrogens (tertiary/aromatic N) is 2. The van der Waals surface area contributed by atoms with Gasteiger partial charge in [-0.15, -0.1) is 0 Å². The molecular weight excluding hydrogens is 412 g/mol. The first-order valence-corrected chi connectivity index (χ1v) is 11.0. The number of benzene rings is 1. The number of pyridine rings is 1. The van der Waals surface area contributed by atoms with Gasteiger partial charge in [0.15, 0.2) is 0 Å². The number of rotatable bonds is 6. The highest BCUT2D eigenvalue weighted by Crippen LogP contribution is 2.33. The first-order chi connectivity index (χ1) is 14.6. The quantitative estimate of drug-likeness (QED) is 0.549. The average Bonchev–Trinajstić information content (AvgIpc) is 2.95. The number of carbonyl (C=O) groups is 1. The Morgan fingerprint density at radius 2 is 1.87 bits per heavy atom. The number of nitrogens with two attached hydrogens (primary N) is 1. The van der Waals surface area contributed by atoms with E-state index in [0.717, 1.165) is 45.2 Å². The number of carbonyl (C=O) groups excluding carboxylic acids is 1. The molecule has 3 rings (SSSR count). The van der Waals surface area contributed by atoms with E-state index < -0.39 is 0 Å². The van der Waals surface area contributed by atoms with Crippen molar-refractivity contribution in [1.29, 1.82) is 0 Å². The van der Waals surface area contributed by atoms with Crippen LogP contribution in [0.3, 0.4) is 0 Å². The molecule has 1 aromatic carbocycles. The lowest BCUT2D eigenvalue weighted by Gasteiger charge is -2.15. The third kappa shape index (κ3) is 4.09. The van der Waals surface area contributed by atoms with Crippen LogP contribution in [0.15, 0.2) is 23.0 Å². The van der Waals surface area contributed by atoms with Crippen molar-refractivity contribution in [1.82, 2.24) is 14.6 Å². The molecule has 0 bridgehead atoms. The van der Waals surface area contributed by atoms with Gasteiger partial charge in [-0.1, -0.05) is 24.9 Å². The van der Waals surface area contributed by atoms with Crippen LogP contribution in [0, 0.1) is 20.8 Å². The van der Waals surface area contributed by atoms with Crippen molar-refractivity contribution in [2.45, 2.75) is 67.0 Å². The lowest BCUT2D eigenvalue weighted by Crippen LogP contribution is -2.36. The normalized spacial score (nSPS) is 11.5. The van der Waals surface area contributed by atoms with E-state index in [9.17, 15) is 9.59 Å². The molecule has 31 heavy (non-hydrogen) atoms. The van der Waals surface area contributed by atoms with Gasteiger partial charge in [0.25, 0.3) is 11.5 Å². The lowest BCUT2D eigenvalue weighted by atomic mass is 10.0. The second kappa shape index (κ2) is 8.79. The van der Waals surface area contributed by atoms with E-state index >= 15 is 0 Å². The summed E-state index contributed by atoms with van der Waals surface area (Å²) >= 11 is 6.39. The molecule has 0 atom stereocenters. The molecule has 0 saturated carbocycles. The molecule has 2 heterocycles. The Morgan fingerprint density at radius 3 is 2.48 bits per heavy atom. The Bertz CT molecular complexity index is 1220. The number of aryl methyl sites for hydroxylation is 3. The van der Waals surface area contributed by atoms with E-state index in [1.807, 2.05) is 19.1 Å². The summed E-state index contributed by atoms with van der Waals surface area (Å²) in [5.74, 6) is 5.64. The predicted octanol–water partition coefficient (Wildman–Crippen LogP) is 4.56. The fraction of sp³-hybridized carbons (Fsp3) is 0.417. The molecule has 7 heteroatoms. The topological polar surface area (TPSA) is 82.1 Å². The van der Waals surface area contributed by atoms with Gasteiger partial charge in [0.1, 0.15) is 0 Å². The molecular formula is C24H31ClN4O2. The zero-order valence-corrected chi connectivity index (χ0v) is 19.9. The number of nitrogen functional groups attached to an aromatic ring is 1. The summed E-state index contributed by atoms with van der Waals surface area (Å²) in [5, 5.41) is 4.32. The Morgan fingerprint density at radius 1 is 1.19 bits per heavy atom. The fourth-order valence-electron chi connectivity index (χ4n) is 4.36. The van der Waals surface area contributed by atoms with Gasteiger partial charge in [0.2, 0.25) is 0 Å². The number of fused-ring (bicyclic) bond motifs is 1. The average molecular weight is 443 g/mol. The second-order valence-electron chi connectivity index (χ2n) is 8.42. The van der Waals surface area contributed by atoms with Gasteiger partial charge in [-0.2, -0.15) is 0 Å². The van der Waals surface area contributed by atoms with Crippen molar-refractivity contribution in [3.63, 3.8) is 0 Å². The molecule has 2 aromatic heterocycles. The van der Waals surface area contributed by atoms with Gasteiger partial charge in [0.05, 0.1) is 11.1 Å². The Hall–Kier alpha value is -2.73. The zero-order valence-electron chi connectivity index (χ0n) is 19.1. The summed E-state index contributed by atoms with van der Waals surface area (Å²) in [5.41, 5.74) is 5.47. The van der Waals surface area contributed by atoms with Gasteiger partial charge >= 0.3 is 0 Å². The van der Waals surface area contributed by atoms with Crippen LogP contribution in [0.5, 0.6) is 0 Å². The maximum atomic E-state index is 13.2. The molecule has 0 unspecified atom stereocenters. The van der Waals surface area contributed by atoms with Crippen LogP contribution in [0.1, 0.15) is 71.7 Å². The molecule has 166 valence electrons. The molecule has 0 aliphatic heterocycles. The van der Waals surface area contributed by atoms with Crippen molar-refractivity contribution >= 4 is 28.4 Å². The molecule has 0 aliphatic rings. The van der Waals surface area contributed by atoms with Crippen molar-refractivity contribution in [2.75, 3.05) is 5.84 Å². The van der Waals surface area contributed by atoms with Crippen LogP contribution in [-0.4, -0.2) is 15.2 Å². The van der Waals surface area contributed by atoms with Gasteiger partial charge in [-0.3, -0.25) is 9.59 Å². The van der Waals surface area contributed by atoms with Crippen LogP contribution in [0.4, 0.5) is 0 Å². The highest BCUT2D eigenvalue weighted by molar-refractivity contribution is 6.32. The number of nitrogens with one attached hydrogen (secondary N) is 1. The Kier molecular flexibility index (Phi) is 6.51. The highest BCUT2D eigenvalue weighted by atomic mass is 35.5. The molecule has 6 nitrogen and oxygen atoms in total. The maximum absolute atomic E-state index is 13.2. The highest BCUT2D eigenvalue weighted by Gasteiger charge is 2.21. The van der Waals surface area contributed by atoms with Crippen molar-refractivity contribution in [3.05, 3.63) is 67.2 Å². The Balaban J connectivity index is 2.04. The predicted molar refractivity (Wildman–Crippen MR) is 128 cm³/mol. The second-order valence-corrected chi connectivity index (χ2v) is 8.86. The molecule has 1 amide bonds. The molecule has 0 spiro atoms. The van der Waals surface area contributed by atoms with Crippen LogP contribution in [0.25, 0.3) is 10.9 Å². The minimum atomic E-state index is -0.280. The van der Waals surface area contributed by atoms with Crippen molar-refractivity contribution in [2.24, 2.45) is 0 Å². The summed E-state index contributed by atoms with van der Waals surface area (Å²) in [6, 6.07) is 5.75. The minimum absolute atomic E-state index is 0.113. The molecule has 0 fully saturated rings. The fourth-order valence-corrected chi connectivity index (χ4v) is 4.57. The van der Waals surface area contributed by atoms with Crippen molar-refractivity contribution < 1.29 is 4.79 Å². The molecule has 0 radical (unpaired) electrons. The maximum Gasteiger partial charge on any atom is 0.274 e. The van der Waals surface area contributed by atoms with E-state index in [2.05, 4.69) is 37.6 Å². The minimum Gasteiger partial charge on any atom is -0.348 e. The summed E-state index contributed by atoms with van der Waals surface area (Å²) in [6.07, 6.45) is 1.64. The zero-order chi connectivity index (χ0) is 23.0. The Labute approximate surface area is 188 Å². The van der Waals surface area contributed by atoms with E-state index in [1.54, 1.807) is 13.0 Å². The van der Waals surface area contributed by atoms with Gasteiger partial charge in [0, 0.05) is 39.9 Å². The summed E-state index contributed by atoms with van der Waals surface area (Å²) < 4.78 is 3.33. The number of amides is 1. The lowest BCUT2D eigenvalue weighted by molar-refractivity contribution is 0.0952. The smallest absolute Gasteiger partial charge is 0.274 e. The molecule has 0 aliphatic carbocycles. The van der Waals surface area contributed by atoms with E-state index in [1.165, 1.54) is 0 Å². The number of halogens is 1. The largest absolute Gasteiger partial charge is 0.348 e. The molecule has 3 N–H and O–H groups in total. The summed E-state index contributed by atoms with van der Waals surface area (Å²) in [4.78, 5) is 26.0. The number of aromatic nitrogens is 2. The number of hydrogen-bond acceptors (Lipinski definition) is 3. The van der Waals surface area contributed by atoms with E-state index in [-0.39, 0.29) is 24.1 Å². The molecule has 0 saturated heterocycles. The van der Waals surface area contributed by atoms with E-state index in [0.29, 0.717) is 21.8 Å². The standard InChI is InChI=1S/C24H31ClN4O2/c1-7-8-17-9-14(4)29(26)24(31)20(17)12-27-23(30)19-10-18(25)11-21-22(19)15(5)16(6)28(21)13(2)3/h9-11,13H,7-8,12,26H2,1-6H3,(H,27,30). The summed E-state index contributed by atoms with van der Waals surface area (Å²) in [7, 11) is 0. The van der Waals surface area contributed by atoms with Crippen molar-refractivity contribution in [3.8, 4) is 0 Å².